The Morgan fingerprint density at radius 3 is 3.12 bits per heavy atom. The number of likely N-dealkylation sites (tertiary alicyclic amines) is 1. The Morgan fingerprint density at radius 2 is 2.41 bits per heavy atom. The number of rotatable bonds is 5. The normalized spacial score (nSPS) is 25.6. The molecule has 1 aliphatic rings. The number of halogens is 1. The van der Waals surface area contributed by atoms with E-state index in [9.17, 15) is 9.50 Å². The van der Waals surface area contributed by atoms with E-state index in [1.807, 2.05) is 9.58 Å². The van der Waals surface area contributed by atoms with E-state index in [-0.39, 0.29) is 12.6 Å². The van der Waals surface area contributed by atoms with Crippen LogP contribution in [-0.4, -0.2) is 50.1 Å². The largest absolute Gasteiger partial charge is 0.395 e. The van der Waals surface area contributed by atoms with E-state index in [0.717, 1.165) is 18.8 Å². The fourth-order valence-electron chi connectivity index (χ4n) is 2.30. The molecule has 0 amide bonds. The number of alkyl halides is 1. The van der Waals surface area contributed by atoms with E-state index in [1.165, 1.54) is 6.33 Å². The van der Waals surface area contributed by atoms with Gasteiger partial charge in [-0.25, -0.2) is 14.1 Å². The van der Waals surface area contributed by atoms with Gasteiger partial charge in [-0.2, -0.15) is 5.10 Å². The molecule has 0 radical (unpaired) electrons. The van der Waals surface area contributed by atoms with Crippen molar-refractivity contribution in [2.75, 3.05) is 13.2 Å². The minimum atomic E-state index is -0.838. The quantitative estimate of drug-likeness (QED) is 0.821. The molecule has 0 spiro atoms. The molecule has 1 aliphatic heterocycles. The van der Waals surface area contributed by atoms with Gasteiger partial charge in [-0.05, 0) is 12.8 Å². The molecule has 2 rings (SSSR count). The molecule has 1 saturated heterocycles. The molecule has 0 aliphatic carbocycles. The van der Waals surface area contributed by atoms with Crippen molar-refractivity contribution in [3.05, 3.63) is 12.2 Å². The van der Waals surface area contributed by atoms with Crippen LogP contribution in [0.4, 0.5) is 4.39 Å². The maximum atomic E-state index is 13.3. The smallest absolute Gasteiger partial charge is 0.141 e. The molecule has 1 aromatic heterocycles. The first-order chi connectivity index (χ1) is 8.24. The predicted octanol–water partition coefficient (Wildman–Crippen LogP) is 0.593. The maximum Gasteiger partial charge on any atom is 0.141 e. The molecule has 1 N–H and O–H groups in total. The van der Waals surface area contributed by atoms with Gasteiger partial charge in [0.05, 0.1) is 13.2 Å². The van der Waals surface area contributed by atoms with E-state index in [1.54, 1.807) is 0 Å². The molecule has 1 aromatic rings. The van der Waals surface area contributed by atoms with E-state index in [4.69, 9.17) is 0 Å². The Labute approximate surface area is 100 Å². The van der Waals surface area contributed by atoms with Crippen LogP contribution >= 0.6 is 0 Å². The van der Waals surface area contributed by atoms with E-state index >= 15 is 0 Å². The third-order valence-corrected chi connectivity index (χ3v) is 3.16. The van der Waals surface area contributed by atoms with Crippen molar-refractivity contribution in [3.63, 3.8) is 0 Å². The van der Waals surface area contributed by atoms with Crippen molar-refractivity contribution in [1.82, 2.24) is 19.7 Å². The molecule has 2 atom stereocenters. The maximum absolute atomic E-state index is 13.3. The first-order valence-corrected chi connectivity index (χ1v) is 6.10. The van der Waals surface area contributed by atoms with Crippen LogP contribution in [0.2, 0.25) is 0 Å². The Morgan fingerprint density at radius 1 is 1.59 bits per heavy atom. The summed E-state index contributed by atoms with van der Waals surface area (Å²) >= 11 is 0. The van der Waals surface area contributed by atoms with Crippen LogP contribution < -0.4 is 0 Å². The highest BCUT2D eigenvalue weighted by Gasteiger charge is 2.32. The Hall–Kier alpha value is -1.01. The second kappa shape index (κ2) is 5.55. The number of nitrogens with zero attached hydrogens (tertiary/aromatic N) is 4. The molecule has 0 bridgehead atoms. The summed E-state index contributed by atoms with van der Waals surface area (Å²) in [5.74, 6) is 0.847. The summed E-state index contributed by atoms with van der Waals surface area (Å²) < 4.78 is 15.1. The number of hydrogen-bond acceptors (Lipinski definition) is 4. The molecule has 1 fully saturated rings. The van der Waals surface area contributed by atoms with Crippen LogP contribution in [0, 0.1) is 0 Å². The van der Waals surface area contributed by atoms with Gasteiger partial charge in [0.25, 0.3) is 0 Å². The predicted molar refractivity (Wildman–Crippen MR) is 61.1 cm³/mol. The molecule has 6 heteroatoms. The SMILES string of the molecule is CCCn1ncnc1CN1C[C@@H](F)C[C@H]1CO. The average molecular weight is 242 g/mol. The fraction of sp³-hybridized carbons (Fsp3) is 0.818. The lowest BCUT2D eigenvalue weighted by molar-refractivity contribution is 0.149. The fourth-order valence-corrected chi connectivity index (χ4v) is 2.30. The Balaban J connectivity index is 2.02. The minimum absolute atomic E-state index is 0.00232. The zero-order chi connectivity index (χ0) is 12.3. The van der Waals surface area contributed by atoms with Crippen molar-refractivity contribution in [1.29, 1.82) is 0 Å². The molecule has 2 heterocycles. The van der Waals surface area contributed by atoms with Gasteiger partial charge in [-0.15, -0.1) is 0 Å². The van der Waals surface area contributed by atoms with Gasteiger partial charge >= 0.3 is 0 Å². The van der Waals surface area contributed by atoms with Crippen molar-refractivity contribution in [2.45, 2.75) is 45.1 Å². The number of aliphatic hydroxyl groups excluding tert-OH is 1. The van der Waals surface area contributed by atoms with E-state index in [2.05, 4.69) is 17.0 Å². The van der Waals surface area contributed by atoms with Gasteiger partial charge in [0.1, 0.15) is 18.3 Å². The summed E-state index contributed by atoms with van der Waals surface area (Å²) in [6.45, 7) is 3.85. The first kappa shape index (κ1) is 12.4. The van der Waals surface area contributed by atoms with E-state index in [0.29, 0.717) is 19.5 Å². The lowest BCUT2D eigenvalue weighted by Crippen LogP contribution is -2.33. The monoisotopic (exact) mass is 242 g/mol. The molecule has 0 unspecified atom stereocenters. The number of aliphatic hydroxyl groups is 1. The minimum Gasteiger partial charge on any atom is -0.395 e. The number of aryl methyl sites for hydroxylation is 1. The third-order valence-electron chi connectivity index (χ3n) is 3.16. The van der Waals surface area contributed by atoms with Crippen LogP contribution in [0.3, 0.4) is 0 Å². The zero-order valence-electron chi connectivity index (χ0n) is 10.1. The lowest BCUT2D eigenvalue weighted by atomic mass is 10.2. The van der Waals surface area contributed by atoms with Gasteiger partial charge < -0.3 is 5.11 Å². The topological polar surface area (TPSA) is 54.2 Å². The average Bonchev–Trinajstić information content (AvgIpc) is 2.87. The zero-order valence-corrected chi connectivity index (χ0v) is 10.1. The Bertz CT molecular complexity index is 357. The van der Waals surface area contributed by atoms with Crippen molar-refractivity contribution < 1.29 is 9.50 Å². The number of hydrogen-bond donors (Lipinski definition) is 1. The molecule has 96 valence electrons. The standard InChI is InChI=1S/C11H19FN4O/c1-2-3-16-11(13-8-14-16)6-15-5-9(12)4-10(15)7-17/h8-10,17H,2-7H2,1H3/t9-,10-/m0/s1. The summed E-state index contributed by atoms with van der Waals surface area (Å²) in [5.41, 5.74) is 0. The van der Waals surface area contributed by atoms with Gasteiger partial charge in [0.15, 0.2) is 0 Å². The molecule has 0 saturated carbocycles. The summed E-state index contributed by atoms with van der Waals surface area (Å²) in [7, 11) is 0. The summed E-state index contributed by atoms with van der Waals surface area (Å²) in [5, 5.41) is 13.3. The summed E-state index contributed by atoms with van der Waals surface area (Å²) in [6, 6.07) is -0.0863. The van der Waals surface area contributed by atoms with Gasteiger partial charge in [0, 0.05) is 19.1 Å². The van der Waals surface area contributed by atoms with Crippen LogP contribution in [0.25, 0.3) is 0 Å². The van der Waals surface area contributed by atoms with Crippen LogP contribution in [0.1, 0.15) is 25.6 Å². The first-order valence-electron chi connectivity index (χ1n) is 6.10. The van der Waals surface area contributed by atoms with E-state index < -0.39 is 6.17 Å². The van der Waals surface area contributed by atoms with Crippen molar-refractivity contribution in [3.8, 4) is 0 Å². The van der Waals surface area contributed by atoms with Gasteiger partial charge in [-0.3, -0.25) is 4.90 Å². The van der Waals surface area contributed by atoms with Gasteiger partial charge in [-0.1, -0.05) is 6.92 Å². The third kappa shape index (κ3) is 2.81. The highest BCUT2D eigenvalue weighted by molar-refractivity contribution is 4.91. The molecule has 5 nitrogen and oxygen atoms in total. The van der Waals surface area contributed by atoms with Crippen molar-refractivity contribution >= 4 is 0 Å². The molecular formula is C11H19FN4O. The molecular weight excluding hydrogens is 223 g/mol. The Kier molecular flexibility index (Phi) is 4.06. The molecule has 0 aromatic carbocycles. The highest BCUT2D eigenvalue weighted by atomic mass is 19.1. The molecule has 17 heavy (non-hydrogen) atoms. The van der Waals surface area contributed by atoms with Crippen LogP contribution in [0.5, 0.6) is 0 Å². The highest BCUT2D eigenvalue weighted by Crippen LogP contribution is 2.21. The summed E-state index contributed by atoms with van der Waals surface area (Å²) in [4.78, 5) is 6.14. The van der Waals surface area contributed by atoms with Crippen LogP contribution in [-0.2, 0) is 13.1 Å². The summed E-state index contributed by atoms with van der Waals surface area (Å²) in [6.07, 6.45) is 2.10. The second-order valence-electron chi connectivity index (χ2n) is 4.50. The number of aromatic nitrogens is 3. The van der Waals surface area contributed by atoms with Crippen molar-refractivity contribution in [2.24, 2.45) is 0 Å². The van der Waals surface area contributed by atoms with Crippen LogP contribution in [0.15, 0.2) is 6.33 Å². The second-order valence-corrected chi connectivity index (χ2v) is 4.50. The van der Waals surface area contributed by atoms with Gasteiger partial charge in [0.2, 0.25) is 0 Å². The lowest BCUT2D eigenvalue weighted by Gasteiger charge is -2.21.